The number of rotatable bonds is 11. The van der Waals surface area contributed by atoms with E-state index in [1.54, 1.807) is 0 Å². The van der Waals surface area contributed by atoms with E-state index in [0.717, 1.165) is 41.9 Å². The Bertz CT molecular complexity index is 513. The molecule has 0 amide bonds. The van der Waals surface area contributed by atoms with Gasteiger partial charge in [-0.25, -0.2) is 0 Å². The molecule has 1 fully saturated rings. The van der Waals surface area contributed by atoms with Crippen LogP contribution in [0.2, 0.25) is 0 Å². The third-order valence-corrected chi connectivity index (χ3v) is 4.96. The molecule has 2 atom stereocenters. The van der Waals surface area contributed by atoms with Crippen molar-refractivity contribution in [3.05, 3.63) is 21.6 Å². The molecule has 146 valence electrons. The summed E-state index contributed by atoms with van der Waals surface area (Å²) in [5, 5.41) is 0. The summed E-state index contributed by atoms with van der Waals surface area (Å²) in [5.74, 6) is 6.15. The topological polar surface area (TPSA) is 35.5 Å². The Morgan fingerprint density at radius 1 is 1.15 bits per heavy atom. The molecule has 0 saturated carbocycles. The Kier molecular flexibility index (Phi) is 14.0. The third kappa shape index (κ3) is 12.7. The van der Waals surface area contributed by atoms with Crippen LogP contribution < -0.4 is 0 Å². The second-order valence-electron chi connectivity index (χ2n) is 6.47. The van der Waals surface area contributed by atoms with E-state index in [9.17, 15) is 4.79 Å². The van der Waals surface area contributed by atoms with Gasteiger partial charge in [0.2, 0.25) is 0 Å². The van der Waals surface area contributed by atoms with E-state index in [1.165, 1.54) is 32.8 Å². The van der Waals surface area contributed by atoms with Crippen molar-refractivity contribution >= 4 is 37.8 Å². The number of ether oxygens (including phenoxy) is 2. The Morgan fingerprint density at radius 3 is 2.65 bits per heavy atom. The zero-order valence-corrected chi connectivity index (χ0v) is 18.8. The van der Waals surface area contributed by atoms with Crippen LogP contribution in [0.15, 0.2) is 21.6 Å². The number of methoxy groups -OCH3 is 1. The van der Waals surface area contributed by atoms with Gasteiger partial charge in [-0.15, -0.1) is 0 Å². The standard InChI is InChI=1S/C21H30Br2O3/c1-25-21(24)15-11-13-19-17-16-18(26-19)12-9-7-5-3-2-4-6-8-10-14-20(22)23/h5,7,14,18-19H,2-4,6,8,10-11,13,15-17H2,1H3/b7-5+/t18-,19-/m1/s1. The van der Waals surface area contributed by atoms with Gasteiger partial charge >= 0.3 is 5.97 Å². The number of carbonyl (C=O) groups is 1. The van der Waals surface area contributed by atoms with Crippen LogP contribution in [0.25, 0.3) is 0 Å². The SMILES string of the molecule is COC(=O)CCC[C@@H]1CC[C@@H](C#C/C=C/CCCCCCC=C(Br)Br)O1. The molecule has 5 heteroatoms. The fourth-order valence-corrected chi connectivity index (χ4v) is 3.31. The summed E-state index contributed by atoms with van der Waals surface area (Å²) in [6.07, 6.45) is 18.0. The summed E-state index contributed by atoms with van der Waals surface area (Å²) in [4.78, 5) is 11.1. The maximum Gasteiger partial charge on any atom is 0.305 e. The number of hydrogen-bond donors (Lipinski definition) is 0. The zero-order chi connectivity index (χ0) is 19.0. The molecule has 0 aromatic heterocycles. The van der Waals surface area contributed by atoms with E-state index in [-0.39, 0.29) is 18.2 Å². The van der Waals surface area contributed by atoms with Crippen molar-refractivity contribution in [1.29, 1.82) is 0 Å². The first-order valence-electron chi connectivity index (χ1n) is 9.51. The molecule has 0 unspecified atom stereocenters. The first-order valence-corrected chi connectivity index (χ1v) is 11.1. The van der Waals surface area contributed by atoms with Gasteiger partial charge in [0.15, 0.2) is 0 Å². The molecule has 26 heavy (non-hydrogen) atoms. The van der Waals surface area contributed by atoms with Crippen molar-refractivity contribution < 1.29 is 14.3 Å². The number of unbranched alkanes of at least 4 members (excludes halogenated alkanes) is 5. The fraction of sp³-hybridized carbons (Fsp3) is 0.667. The molecule has 0 bridgehead atoms. The quantitative estimate of drug-likeness (QED) is 0.191. The molecule has 0 aliphatic carbocycles. The summed E-state index contributed by atoms with van der Waals surface area (Å²) in [6.45, 7) is 0. The molecule has 1 heterocycles. The highest BCUT2D eigenvalue weighted by atomic mass is 79.9. The smallest absolute Gasteiger partial charge is 0.305 e. The van der Waals surface area contributed by atoms with E-state index < -0.39 is 0 Å². The van der Waals surface area contributed by atoms with Crippen LogP contribution in [-0.2, 0) is 14.3 Å². The highest BCUT2D eigenvalue weighted by Gasteiger charge is 2.23. The van der Waals surface area contributed by atoms with E-state index in [4.69, 9.17) is 4.74 Å². The van der Waals surface area contributed by atoms with Gasteiger partial charge in [0.25, 0.3) is 0 Å². The predicted molar refractivity (Wildman–Crippen MR) is 114 cm³/mol. The fourth-order valence-electron chi connectivity index (χ4n) is 2.85. The predicted octanol–water partition coefficient (Wildman–Crippen LogP) is 6.41. The number of allylic oxidation sites excluding steroid dienone is 3. The minimum absolute atomic E-state index is 0.0459. The first-order chi connectivity index (χ1) is 12.6. The largest absolute Gasteiger partial charge is 0.469 e. The Hall–Kier alpha value is -0.570. The Balaban J connectivity index is 2.03. The van der Waals surface area contributed by atoms with Gasteiger partial charge in [-0.1, -0.05) is 36.8 Å². The van der Waals surface area contributed by atoms with E-state index in [2.05, 4.69) is 60.6 Å². The summed E-state index contributed by atoms with van der Waals surface area (Å²) in [7, 11) is 1.43. The minimum Gasteiger partial charge on any atom is -0.469 e. The molecule has 0 aromatic rings. The number of hydrogen-bond acceptors (Lipinski definition) is 3. The summed E-state index contributed by atoms with van der Waals surface area (Å²) < 4.78 is 11.6. The molecule has 0 radical (unpaired) electrons. The van der Waals surface area contributed by atoms with Crippen LogP contribution >= 0.6 is 31.9 Å². The van der Waals surface area contributed by atoms with Gasteiger partial charge in [-0.05, 0) is 89.3 Å². The molecule has 3 nitrogen and oxygen atoms in total. The minimum atomic E-state index is -0.145. The van der Waals surface area contributed by atoms with Crippen LogP contribution in [0, 0.1) is 11.8 Å². The highest BCUT2D eigenvalue weighted by molar-refractivity contribution is 9.28. The average molecular weight is 490 g/mol. The van der Waals surface area contributed by atoms with Crippen molar-refractivity contribution in [3.8, 4) is 11.8 Å². The second kappa shape index (κ2) is 15.5. The summed E-state index contributed by atoms with van der Waals surface area (Å²) in [6, 6.07) is 0. The third-order valence-electron chi connectivity index (χ3n) is 4.31. The molecule has 1 saturated heterocycles. The maximum absolute atomic E-state index is 11.1. The average Bonchev–Trinajstić information content (AvgIpc) is 3.07. The van der Waals surface area contributed by atoms with Crippen LogP contribution in [0.4, 0.5) is 0 Å². The lowest BCUT2D eigenvalue weighted by Gasteiger charge is -2.09. The van der Waals surface area contributed by atoms with Crippen LogP contribution in [-0.4, -0.2) is 25.3 Å². The molecule has 1 aliphatic rings. The van der Waals surface area contributed by atoms with Crippen molar-refractivity contribution in [1.82, 2.24) is 0 Å². The van der Waals surface area contributed by atoms with E-state index in [1.807, 2.05) is 6.08 Å². The van der Waals surface area contributed by atoms with Crippen molar-refractivity contribution in [3.63, 3.8) is 0 Å². The molecule has 1 rings (SSSR count). The molecular weight excluding hydrogens is 460 g/mol. The van der Waals surface area contributed by atoms with E-state index >= 15 is 0 Å². The first kappa shape index (κ1) is 23.5. The monoisotopic (exact) mass is 488 g/mol. The zero-order valence-electron chi connectivity index (χ0n) is 15.6. The molecule has 0 spiro atoms. The Labute approximate surface area is 175 Å². The van der Waals surface area contributed by atoms with Crippen LogP contribution in [0.5, 0.6) is 0 Å². The molecule has 0 aromatic carbocycles. The second-order valence-corrected chi connectivity index (χ2v) is 9.24. The number of halogens is 2. The maximum atomic E-state index is 11.1. The lowest BCUT2D eigenvalue weighted by atomic mass is 10.1. The lowest BCUT2D eigenvalue weighted by Crippen LogP contribution is -2.10. The number of carbonyl (C=O) groups excluding carboxylic acids is 1. The molecule has 0 N–H and O–H groups in total. The van der Waals surface area contributed by atoms with Crippen molar-refractivity contribution in [2.45, 2.75) is 82.8 Å². The van der Waals surface area contributed by atoms with Gasteiger partial charge in [-0.2, -0.15) is 0 Å². The highest BCUT2D eigenvalue weighted by Crippen LogP contribution is 2.23. The van der Waals surface area contributed by atoms with E-state index in [0.29, 0.717) is 6.42 Å². The lowest BCUT2D eigenvalue weighted by molar-refractivity contribution is -0.140. The molecule has 1 aliphatic heterocycles. The van der Waals surface area contributed by atoms with Crippen LogP contribution in [0.3, 0.4) is 0 Å². The summed E-state index contributed by atoms with van der Waals surface area (Å²) >= 11 is 6.74. The van der Waals surface area contributed by atoms with Gasteiger partial charge in [0.1, 0.15) is 6.10 Å². The number of esters is 1. The van der Waals surface area contributed by atoms with Crippen LogP contribution in [0.1, 0.15) is 70.6 Å². The van der Waals surface area contributed by atoms with Gasteiger partial charge in [0.05, 0.1) is 16.6 Å². The van der Waals surface area contributed by atoms with Crippen molar-refractivity contribution in [2.75, 3.05) is 7.11 Å². The van der Waals surface area contributed by atoms with Gasteiger partial charge in [-0.3, -0.25) is 4.79 Å². The normalized spacial score (nSPS) is 19.2. The molecular formula is C21H30Br2O3. The van der Waals surface area contributed by atoms with Crippen molar-refractivity contribution in [2.24, 2.45) is 0 Å². The Morgan fingerprint density at radius 2 is 1.92 bits per heavy atom. The van der Waals surface area contributed by atoms with Gasteiger partial charge in [0, 0.05) is 6.42 Å². The van der Waals surface area contributed by atoms with Gasteiger partial charge < -0.3 is 9.47 Å². The summed E-state index contributed by atoms with van der Waals surface area (Å²) in [5.41, 5.74) is 0.